The lowest BCUT2D eigenvalue weighted by Crippen LogP contribution is -2.13. The molecule has 0 aliphatic heterocycles. The SMILES string of the molecule is CCc1ccc(OCC(=O)c2ccccc2F)c(OC)c1. The molecule has 0 saturated carbocycles. The number of methoxy groups -OCH3 is 1. The van der Waals surface area contributed by atoms with Gasteiger partial charge in [-0.05, 0) is 36.2 Å². The van der Waals surface area contributed by atoms with Crippen molar-refractivity contribution in [3.8, 4) is 11.5 Å². The fourth-order valence-corrected chi connectivity index (χ4v) is 1.96. The summed E-state index contributed by atoms with van der Waals surface area (Å²) in [6.07, 6.45) is 0.880. The molecule has 2 aromatic carbocycles. The Balaban J connectivity index is 2.10. The van der Waals surface area contributed by atoms with Gasteiger partial charge in [-0.25, -0.2) is 4.39 Å². The predicted molar refractivity (Wildman–Crippen MR) is 78.6 cm³/mol. The van der Waals surface area contributed by atoms with Gasteiger partial charge in [0.15, 0.2) is 18.1 Å². The van der Waals surface area contributed by atoms with E-state index in [1.165, 1.54) is 12.1 Å². The average molecular weight is 288 g/mol. The topological polar surface area (TPSA) is 35.5 Å². The number of halogens is 1. The summed E-state index contributed by atoms with van der Waals surface area (Å²) >= 11 is 0. The second-order valence-electron chi connectivity index (χ2n) is 4.53. The average Bonchev–Trinajstić information content (AvgIpc) is 2.52. The van der Waals surface area contributed by atoms with Crippen molar-refractivity contribution in [3.05, 3.63) is 59.4 Å². The second-order valence-corrected chi connectivity index (χ2v) is 4.53. The van der Waals surface area contributed by atoms with Gasteiger partial charge in [-0.1, -0.05) is 25.1 Å². The van der Waals surface area contributed by atoms with Gasteiger partial charge in [0.1, 0.15) is 5.82 Å². The molecule has 0 atom stereocenters. The first-order valence-corrected chi connectivity index (χ1v) is 6.73. The zero-order valence-electron chi connectivity index (χ0n) is 12.1. The van der Waals surface area contributed by atoms with Crippen LogP contribution in [0.2, 0.25) is 0 Å². The quantitative estimate of drug-likeness (QED) is 0.761. The summed E-state index contributed by atoms with van der Waals surface area (Å²) in [4.78, 5) is 12.0. The molecule has 2 rings (SSSR count). The first kappa shape index (κ1) is 15.0. The summed E-state index contributed by atoms with van der Waals surface area (Å²) in [5.41, 5.74) is 1.14. The van der Waals surface area contributed by atoms with E-state index in [1.807, 2.05) is 19.1 Å². The Morgan fingerprint density at radius 1 is 1.14 bits per heavy atom. The standard InChI is InChI=1S/C17H17FO3/c1-3-12-8-9-16(17(10-12)20-2)21-11-15(19)13-6-4-5-7-14(13)18/h4-10H,3,11H2,1-2H3. The van der Waals surface area contributed by atoms with Crippen LogP contribution < -0.4 is 9.47 Å². The number of hydrogen-bond acceptors (Lipinski definition) is 3. The molecular weight excluding hydrogens is 271 g/mol. The molecule has 0 aromatic heterocycles. The molecule has 110 valence electrons. The molecule has 0 radical (unpaired) electrons. The number of carbonyl (C=O) groups excluding carboxylic acids is 1. The molecule has 4 heteroatoms. The Morgan fingerprint density at radius 2 is 1.90 bits per heavy atom. The van der Waals surface area contributed by atoms with Gasteiger partial charge < -0.3 is 9.47 Å². The van der Waals surface area contributed by atoms with E-state index in [-0.39, 0.29) is 12.2 Å². The zero-order valence-corrected chi connectivity index (χ0v) is 12.1. The molecule has 0 spiro atoms. The number of carbonyl (C=O) groups is 1. The monoisotopic (exact) mass is 288 g/mol. The number of Topliss-reactive ketones (excluding diaryl/α,β-unsaturated/α-hetero) is 1. The number of benzene rings is 2. The summed E-state index contributed by atoms with van der Waals surface area (Å²) in [5.74, 6) is 0.0872. The molecule has 0 fully saturated rings. The fourth-order valence-electron chi connectivity index (χ4n) is 1.96. The van der Waals surface area contributed by atoms with Crippen molar-refractivity contribution >= 4 is 5.78 Å². The molecule has 0 unspecified atom stereocenters. The largest absolute Gasteiger partial charge is 0.493 e. The van der Waals surface area contributed by atoms with Crippen LogP contribution in [0.5, 0.6) is 11.5 Å². The van der Waals surface area contributed by atoms with Crippen LogP contribution in [0, 0.1) is 5.82 Å². The zero-order chi connectivity index (χ0) is 15.2. The van der Waals surface area contributed by atoms with Crippen molar-refractivity contribution in [2.45, 2.75) is 13.3 Å². The van der Waals surface area contributed by atoms with E-state index in [9.17, 15) is 9.18 Å². The Morgan fingerprint density at radius 3 is 2.57 bits per heavy atom. The van der Waals surface area contributed by atoms with Crippen molar-refractivity contribution in [3.63, 3.8) is 0 Å². The summed E-state index contributed by atoms with van der Waals surface area (Å²) in [6.45, 7) is 1.81. The number of ether oxygens (including phenoxy) is 2. The van der Waals surface area contributed by atoms with Crippen LogP contribution in [0.3, 0.4) is 0 Å². The van der Waals surface area contributed by atoms with Crippen LogP contribution in [0.1, 0.15) is 22.8 Å². The highest BCUT2D eigenvalue weighted by Gasteiger charge is 2.13. The maximum Gasteiger partial charge on any atom is 0.203 e. The first-order chi connectivity index (χ1) is 10.2. The maximum absolute atomic E-state index is 13.5. The van der Waals surface area contributed by atoms with Gasteiger partial charge in [0.2, 0.25) is 5.78 Å². The van der Waals surface area contributed by atoms with Crippen LogP contribution in [0.4, 0.5) is 4.39 Å². The third-order valence-corrected chi connectivity index (χ3v) is 3.17. The van der Waals surface area contributed by atoms with Crippen LogP contribution in [0.25, 0.3) is 0 Å². The number of aryl methyl sites for hydroxylation is 1. The second kappa shape index (κ2) is 6.88. The smallest absolute Gasteiger partial charge is 0.203 e. The maximum atomic E-state index is 13.5. The highest BCUT2D eigenvalue weighted by Crippen LogP contribution is 2.28. The van der Waals surface area contributed by atoms with E-state index >= 15 is 0 Å². The van der Waals surface area contributed by atoms with Crippen LogP contribution in [-0.4, -0.2) is 19.5 Å². The minimum absolute atomic E-state index is 0.0293. The Kier molecular flexibility index (Phi) is 4.93. The molecule has 0 heterocycles. The van der Waals surface area contributed by atoms with Crippen molar-refractivity contribution < 1.29 is 18.7 Å². The van der Waals surface area contributed by atoms with Gasteiger partial charge in [-0.15, -0.1) is 0 Å². The highest BCUT2D eigenvalue weighted by atomic mass is 19.1. The predicted octanol–water partition coefficient (Wildman–Crippen LogP) is 3.66. The van der Waals surface area contributed by atoms with Gasteiger partial charge in [-0.3, -0.25) is 4.79 Å². The number of ketones is 1. The fraction of sp³-hybridized carbons (Fsp3) is 0.235. The van der Waals surface area contributed by atoms with E-state index < -0.39 is 11.6 Å². The molecule has 0 aliphatic carbocycles. The van der Waals surface area contributed by atoms with E-state index in [1.54, 1.807) is 25.3 Å². The molecule has 0 amide bonds. The third-order valence-electron chi connectivity index (χ3n) is 3.17. The minimum Gasteiger partial charge on any atom is -0.493 e. The van der Waals surface area contributed by atoms with E-state index in [2.05, 4.69) is 0 Å². The van der Waals surface area contributed by atoms with Gasteiger partial charge >= 0.3 is 0 Å². The number of hydrogen-bond donors (Lipinski definition) is 0. The van der Waals surface area contributed by atoms with Crippen molar-refractivity contribution in [2.24, 2.45) is 0 Å². The van der Waals surface area contributed by atoms with Crippen LogP contribution in [0.15, 0.2) is 42.5 Å². The third kappa shape index (κ3) is 3.60. The summed E-state index contributed by atoms with van der Waals surface area (Å²) in [7, 11) is 1.54. The minimum atomic E-state index is -0.542. The highest BCUT2D eigenvalue weighted by molar-refractivity contribution is 5.97. The molecule has 0 saturated heterocycles. The Labute approximate surface area is 123 Å². The molecule has 0 bridgehead atoms. The molecular formula is C17H17FO3. The van der Waals surface area contributed by atoms with Gasteiger partial charge in [0.05, 0.1) is 12.7 Å². The Bertz CT molecular complexity index is 638. The Hall–Kier alpha value is -2.36. The lowest BCUT2D eigenvalue weighted by Gasteiger charge is -2.11. The summed E-state index contributed by atoms with van der Waals surface area (Å²) in [5, 5.41) is 0. The lowest BCUT2D eigenvalue weighted by atomic mass is 10.1. The van der Waals surface area contributed by atoms with E-state index in [0.717, 1.165) is 12.0 Å². The van der Waals surface area contributed by atoms with Crippen LogP contribution >= 0.6 is 0 Å². The van der Waals surface area contributed by atoms with Crippen molar-refractivity contribution in [1.29, 1.82) is 0 Å². The van der Waals surface area contributed by atoms with Crippen LogP contribution in [-0.2, 0) is 6.42 Å². The van der Waals surface area contributed by atoms with Crippen molar-refractivity contribution in [1.82, 2.24) is 0 Å². The first-order valence-electron chi connectivity index (χ1n) is 6.73. The molecule has 0 N–H and O–H groups in total. The lowest BCUT2D eigenvalue weighted by molar-refractivity contribution is 0.0915. The molecule has 3 nitrogen and oxygen atoms in total. The molecule has 21 heavy (non-hydrogen) atoms. The van der Waals surface area contributed by atoms with E-state index in [0.29, 0.717) is 11.5 Å². The normalized spacial score (nSPS) is 10.2. The summed E-state index contributed by atoms with van der Waals surface area (Å²) < 4.78 is 24.2. The number of rotatable bonds is 6. The van der Waals surface area contributed by atoms with Gasteiger partial charge in [0.25, 0.3) is 0 Å². The van der Waals surface area contributed by atoms with Gasteiger partial charge in [0, 0.05) is 0 Å². The van der Waals surface area contributed by atoms with E-state index in [4.69, 9.17) is 9.47 Å². The molecule has 0 aliphatic rings. The van der Waals surface area contributed by atoms with Crippen molar-refractivity contribution in [2.75, 3.05) is 13.7 Å². The van der Waals surface area contributed by atoms with Gasteiger partial charge in [-0.2, -0.15) is 0 Å². The molecule has 2 aromatic rings. The summed E-state index contributed by atoms with van der Waals surface area (Å²) in [6, 6.07) is 11.4.